The van der Waals surface area contributed by atoms with Crippen molar-refractivity contribution in [3.63, 3.8) is 0 Å². The van der Waals surface area contributed by atoms with Crippen LogP contribution in [-0.4, -0.2) is 9.97 Å². The van der Waals surface area contributed by atoms with Crippen molar-refractivity contribution >= 4 is 0 Å². The number of hydrogen-bond donors (Lipinski definition) is 1. The largest absolute Gasteiger partial charge is 0.348 e. The fourth-order valence-corrected chi connectivity index (χ4v) is 2.40. The summed E-state index contributed by atoms with van der Waals surface area (Å²) in [5, 5.41) is 0. The molecular weight excluding hydrogens is 172 g/mol. The fourth-order valence-electron chi connectivity index (χ4n) is 2.40. The molecule has 0 saturated heterocycles. The first kappa shape index (κ1) is 11.3. The van der Waals surface area contributed by atoms with Gasteiger partial charge in [-0.3, -0.25) is 0 Å². The molecule has 80 valence electrons. The molecule has 0 atom stereocenters. The molecule has 1 aromatic heterocycles. The molecule has 0 spiro atoms. The Labute approximate surface area is 87.1 Å². The quantitative estimate of drug-likeness (QED) is 0.735. The van der Waals surface area contributed by atoms with Gasteiger partial charge in [0.2, 0.25) is 0 Å². The average molecular weight is 194 g/mol. The molecule has 0 aliphatic carbocycles. The van der Waals surface area contributed by atoms with E-state index in [1.165, 1.54) is 37.9 Å². The molecule has 0 radical (unpaired) electrons. The van der Waals surface area contributed by atoms with Crippen molar-refractivity contribution in [2.45, 2.75) is 58.3 Å². The topological polar surface area (TPSA) is 28.7 Å². The molecule has 1 N–H and O–H groups in total. The molecule has 0 unspecified atom stereocenters. The van der Waals surface area contributed by atoms with E-state index >= 15 is 0 Å². The highest BCUT2D eigenvalue weighted by Gasteiger charge is 2.30. The maximum Gasteiger partial charge on any atom is 0.112 e. The zero-order chi connectivity index (χ0) is 10.4. The van der Waals surface area contributed by atoms with E-state index < -0.39 is 0 Å². The summed E-state index contributed by atoms with van der Waals surface area (Å²) in [5.41, 5.74) is 0.299. The molecule has 0 aromatic carbocycles. The van der Waals surface area contributed by atoms with Crippen LogP contribution >= 0.6 is 0 Å². The lowest BCUT2D eigenvalue weighted by Crippen LogP contribution is -2.26. The summed E-state index contributed by atoms with van der Waals surface area (Å²) in [6.07, 6.45) is 9.93. The first-order chi connectivity index (χ1) is 6.79. The minimum atomic E-state index is 0.299. The van der Waals surface area contributed by atoms with E-state index in [9.17, 15) is 0 Å². The van der Waals surface area contributed by atoms with Crippen molar-refractivity contribution in [1.82, 2.24) is 9.97 Å². The van der Waals surface area contributed by atoms with Crippen LogP contribution < -0.4 is 0 Å². The van der Waals surface area contributed by atoms with Gasteiger partial charge >= 0.3 is 0 Å². The number of H-pyrrole nitrogens is 1. The average Bonchev–Trinajstić information content (AvgIpc) is 2.70. The molecule has 0 aliphatic rings. The molecule has 1 rings (SSSR count). The van der Waals surface area contributed by atoms with Gasteiger partial charge in [0.1, 0.15) is 5.82 Å². The lowest BCUT2D eigenvalue weighted by Gasteiger charge is -2.30. The number of aromatic nitrogens is 2. The number of rotatable bonds is 6. The minimum Gasteiger partial charge on any atom is -0.348 e. The lowest BCUT2D eigenvalue weighted by atomic mass is 9.76. The summed E-state index contributed by atoms with van der Waals surface area (Å²) in [4.78, 5) is 7.73. The summed E-state index contributed by atoms with van der Waals surface area (Å²) < 4.78 is 0. The van der Waals surface area contributed by atoms with E-state index in [-0.39, 0.29) is 0 Å². The molecule has 0 fully saturated rings. The van der Waals surface area contributed by atoms with Gasteiger partial charge in [-0.05, 0) is 19.3 Å². The third-order valence-electron chi connectivity index (χ3n) is 3.13. The van der Waals surface area contributed by atoms with Gasteiger partial charge in [0.15, 0.2) is 0 Å². The standard InChI is InChI=1S/C12H22N2/c1-4-7-12(6-3,8-5-2)11-13-9-10-14-11/h9-10H,4-8H2,1-3H3,(H,13,14). The normalized spacial score (nSPS) is 11.9. The Kier molecular flexibility index (Phi) is 4.18. The molecule has 0 aliphatic heterocycles. The van der Waals surface area contributed by atoms with E-state index in [0.717, 1.165) is 0 Å². The van der Waals surface area contributed by atoms with Crippen molar-refractivity contribution in [1.29, 1.82) is 0 Å². The van der Waals surface area contributed by atoms with Crippen LogP contribution in [0.4, 0.5) is 0 Å². The molecule has 14 heavy (non-hydrogen) atoms. The zero-order valence-corrected chi connectivity index (χ0v) is 9.64. The summed E-state index contributed by atoms with van der Waals surface area (Å²) in [5.74, 6) is 1.18. The van der Waals surface area contributed by atoms with Gasteiger partial charge in [-0.25, -0.2) is 4.98 Å². The third-order valence-corrected chi connectivity index (χ3v) is 3.13. The van der Waals surface area contributed by atoms with E-state index in [0.29, 0.717) is 5.41 Å². The molecule has 2 heteroatoms. The predicted octanol–water partition coefficient (Wildman–Crippen LogP) is 3.66. The van der Waals surface area contributed by atoms with E-state index in [2.05, 4.69) is 30.7 Å². The second kappa shape index (κ2) is 5.18. The third kappa shape index (κ3) is 2.17. The Hall–Kier alpha value is -0.790. The summed E-state index contributed by atoms with van der Waals surface area (Å²) in [6.45, 7) is 6.78. The first-order valence-electron chi connectivity index (χ1n) is 5.79. The smallest absolute Gasteiger partial charge is 0.112 e. The molecule has 2 nitrogen and oxygen atoms in total. The van der Waals surface area contributed by atoms with Gasteiger partial charge in [0.25, 0.3) is 0 Å². The second-order valence-electron chi connectivity index (χ2n) is 4.07. The van der Waals surface area contributed by atoms with Crippen LogP contribution in [0.5, 0.6) is 0 Å². The monoisotopic (exact) mass is 194 g/mol. The predicted molar refractivity (Wildman–Crippen MR) is 60.4 cm³/mol. The zero-order valence-electron chi connectivity index (χ0n) is 9.64. The highest BCUT2D eigenvalue weighted by atomic mass is 14.9. The number of nitrogens with one attached hydrogen (secondary N) is 1. The Balaban J connectivity index is 2.88. The molecule has 0 amide bonds. The van der Waals surface area contributed by atoms with Crippen molar-refractivity contribution in [2.24, 2.45) is 0 Å². The van der Waals surface area contributed by atoms with Crippen LogP contribution in [0.15, 0.2) is 12.4 Å². The van der Waals surface area contributed by atoms with Crippen molar-refractivity contribution in [3.05, 3.63) is 18.2 Å². The van der Waals surface area contributed by atoms with Gasteiger partial charge in [0, 0.05) is 17.8 Å². The van der Waals surface area contributed by atoms with Crippen LogP contribution in [0, 0.1) is 0 Å². The van der Waals surface area contributed by atoms with Crippen molar-refractivity contribution in [3.8, 4) is 0 Å². The van der Waals surface area contributed by atoms with Gasteiger partial charge in [0.05, 0.1) is 0 Å². The lowest BCUT2D eigenvalue weighted by molar-refractivity contribution is 0.326. The van der Waals surface area contributed by atoms with Crippen molar-refractivity contribution < 1.29 is 0 Å². The van der Waals surface area contributed by atoms with Gasteiger partial charge in [-0.1, -0.05) is 33.6 Å². The molecule has 0 bridgehead atoms. The molecule has 0 saturated carbocycles. The Morgan fingerprint density at radius 3 is 2.21 bits per heavy atom. The van der Waals surface area contributed by atoms with Crippen LogP contribution in [0.3, 0.4) is 0 Å². The molecule has 1 aromatic rings. The van der Waals surface area contributed by atoms with Gasteiger partial charge in [-0.15, -0.1) is 0 Å². The van der Waals surface area contributed by atoms with Crippen molar-refractivity contribution in [2.75, 3.05) is 0 Å². The molecular formula is C12H22N2. The first-order valence-corrected chi connectivity index (χ1v) is 5.79. The number of imidazole rings is 1. The summed E-state index contributed by atoms with van der Waals surface area (Å²) in [6, 6.07) is 0. The Morgan fingerprint density at radius 1 is 1.21 bits per heavy atom. The summed E-state index contributed by atoms with van der Waals surface area (Å²) >= 11 is 0. The van der Waals surface area contributed by atoms with Crippen LogP contribution in [0.1, 0.15) is 58.7 Å². The summed E-state index contributed by atoms with van der Waals surface area (Å²) in [7, 11) is 0. The number of hydrogen-bond acceptors (Lipinski definition) is 1. The maximum atomic E-state index is 4.44. The number of nitrogens with zero attached hydrogens (tertiary/aromatic N) is 1. The highest BCUT2D eigenvalue weighted by Crippen LogP contribution is 2.35. The number of aromatic amines is 1. The Morgan fingerprint density at radius 2 is 1.86 bits per heavy atom. The van der Waals surface area contributed by atoms with Gasteiger partial charge in [-0.2, -0.15) is 0 Å². The maximum absolute atomic E-state index is 4.44. The van der Waals surface area contributed by atoms with E-state index in [4.69, 9.17) is 0 Å². The van der Waals surface area contributed by atoms with Gasteiger partial charge < -0.3 is 4.98 Å². The fraction of sp³-hybridized carbons (Fsp3) is 0.750. The van der Waals surface area contributed by atoms with Crippen LogP contribution in [0.2, 0.25) is 0 Å². The van der Waals surface area contributed by atoms with Crippen LogP contribution in [0.25, 0.3) is 0 Å². The van der Waals surface area contributed by atoms with E-state index in [1.54, 1.807) is 0 Å². The highest BCUT2D eigenvalue weighted by molar-refractivity contribution is 5.07. The minimum absolute atomic E-state index is 0.299. The second-order valence-corrected chi connectivity index (χ2v) is 4.07. The van der Waals surface area contributed by atoms with E-state index in [1.807, 2.05) is 12.4 Å². The SMILES string of the molecule is CCCC(CC)(CCC)c1ncc[nH]1. The molecule has 1 heterocycles. The Bertz CT molecular complexity index is 233. The van der Waals surface area contributed by atoms with Crippen LogP contribution in [-0.2, 0) is 5.41 Å².